The summed E-state index contributed by atoms with van der Waals surface area (Å²) in [5.41, 5.74) is 2.03. The first-order valence-electron chi connectivity index (χ1n) is 11.5. The van der Waals surface area contributed by atoms with Crippen LogP contribution in [-0.2, 0) is 16.0 Å². The molecule has 0 saturated carbocycles. The number of aromatic hydroxyl groups is 1. The Morgan fingerprint density at radius 1 is 1.19 bits per heavy atom. The van der Waals surface area contributed by atoms with Crippen LogP contribution in [-0.4, -0.2) is 74.8 Å². The second-order valence-electron chi connectivity index (χ2n) is 9.78. The Morgan fingerprint density at radius 3 is 2.51 bits per heavy atom. The van der Waals surface area contributed by atoms with Gasteiger partial charge in [0.2, 0.25) is 5.78 Å². The number of hydrogen-bond acceptors (Lipinski definition) is 10. The lowest BCUT2D eigenvalue weighted by atomic mass is 9.58. The third kappa shape index (κ3) is 3.14. The molecule has 4 atom stereocenters. The van der Waals surface area contributed by atoms with Crippen molar-refractivity contribution in [1.82, 2.24) is 4.90 Å². The number of benzene rings is 1. The molecule has 0 fully saturated rings. The lowest BCUT2D eigenvalue weighted by Gasteiger charge is -2.50. The third-order valence-corrected chi connectivity index (χ3v) is 7.66. The number of likely N-dealkylation sites (N-methyl/N-ethyl adjacent to an activating group) is 1. The van der Waals surface area contributed by atoms with Crippen molar-refractivity contribution in [2.45, 2.75) is 24.5 Å². The van der Waals surface area contributed by atoms with E-state index in [1.807, 2.05) is 0 Å². The SMILES string of the molecule is CN(C)[C@@H]1C(O)=C(C(N)=O)C(=O)[C@@]2(O)C(O)=C3C(=O)c4c(ccc(-c5occc5C=O)c4O)C[C@H]3C[C@@H]12. The van der Waals surface area contributed by atoms with E-state index in [1.165, 1.54) is 23.3 Å². The normalized spacial score (nSPS) is 27.2. The largest absolute Gasteiger partial charge is 0.510 e. The van der Waals surface area contributed by atoms with Crippen LogP contribution in [0.5, 0.6) is 5.75 Å². The van der Waals surface area contributed by atoms with Gasteiger partial charge in [-0.2, -0.15) is 0 Å². The van der Waals surface area contributed by atoms with E-state index in [1.54, 1.807) is 20.2 Å². The Hall–Kier alpha value is -4.22. The molecule has 0 radical (unpaired) electrons. The molecule has 11 nitrogen and oxygen atoms in total. The van der Waals surface area contributed by atoms with Crippen molar-refractivity contribution in [2.24, 2.45) is 17.6 Å². The number of aliphatic hydroxyl groups excluding tert-OH is 2. The summed E-state index contributed by atoms with van der Waals surface area (Å²) in [5, 5.41) is 44.7. The first-order chi connectivity index (χ1) is 17.4. The fourth-order valence-electron chi connectivity index (χ4n) is 6.04. The van der Waals surface area contributed by atoms with Gasteiger partial charge in [0.15, 0.2) is 17.7 Å². The van der Waals surface area contributed by atoms with Crippen molar-refractivity contribution in [3.63, 3.8) is 0 Å². The number of furan rings is 1. The molecular weight excluding hydrogens is 484 g/mol. The van der Waals surface area contributed by atoms with E-state index in [2.05, 4.69) is 0 Å². The molecule has 0 aliphatic heterocycles. The van der Waals surface area contributed by atoms with E-state index in [0.29, 0.717) is 11.8 Å². The Balaban J connectivity index is 1.70. The molecule has 3 aliphatic rings. The van der Waals surface area contributed by atoms with Crippen molar-refractivity contribution < 1.29 is 44.0 Å². The molecule has 6 N–H and O–H groups in total. The van der Waals surface area contributed by atoms with Crippen LogP contribution in [0.25, 0.3) is 11.3 Å². The van der Waals surface area contributed by atoms with Crippen LogP contribution >= 0.6 is 0 Å². The summed E-state index contributed by atoms with van der Waals surface area (Å²) in [6.07, 6.45) is 1.97. The maximum atomic E-state index is 13.7. The maximum absolute atomic E-state index is 13.7. The van der Waals surface area contributed by atoms with Crippen LogP contribution in [0.2, 0.25) is 0 Å². The molecule has 2 aromatic rings. The lowest BCUT2D eigenvalue weighted by Crippen LogP contribution is -2.63. The average Bonchev–Trinajstić information content (AvgIpc) is 3.29. The Bertz CT molecular complexity index is 1460. The van der Waals surface area contributed by atoms with E-state index in [9.17, 15) is 39.6 Å². The number of allylic oxidation sites excluding steroid dienone is 1. The van der Waals surface area contributed by atoms with Gasteiger partial charge in [-0.15, -0.1) is 0 Å². The number of carbonyl (C=O) groups is 4. The van der Waals surface area contributed by atoms with E-state index < -0.39 is 63.8 Å². The molecule has 1 heterocycles. The minimum Gasteiger partial charge on any atom is -0.510 e. The van der Waals surface area contributed by atoms with Crippen molar-refractivity contribution in [2.75, 3.05) is 14.1 Å². The van der Waals surface area contributed by atoms with Gasteiger partial charge in [-0.05, 0) is 50.6 Å². The van der Waals surface area contributed by atoms with Crippen LogP contribution in [0.15, 0.2) is 51.5 Å². The molecule has 5 rings (SSSR count). The Labute approximate surface area is 210 Å². The minimum absolute atomic E-state index is 0.00174. The number of phenolic OH excluding ortho intramolecular Hbond substituents is 1. The summed E-state index contributed by atoms with van der Waals surface area (Å²) in [6.45, 7) is 0. The molecule has 37 heavy (non-hydrogen) atoms. The molecule has 192 valence electrons. The van der Waals surface area contributed by atoms with Gasteiger partial charge in [0.05, 0.1) is 29.0 Å². The fraction of sp³-hybridized carbons (Fsp3) is 0.308. The number of rotatable bonds is 4. The number of amides is 1. The molecule has 0 unspecified atom stereocenters. The first-order valence-corrected chi connectivity index (χ1v) is 11.5. The van der Waals surface area contributed by atoms with Crippen molar-refractivity contribution >= 4 is 23.8 Å². The van der Waals surface area contributed by atoms with Crippen LogP contribution in [0, 0.1) is 11.8 Å². The highest BCUT2D eigenvalue weighted by molar-refractivity contribution is 6.24. The zero-order chi connectivity index (χ0) is 27.0. The smallest absolute Gasteiger partial charge is 0.255 e. The number of hydrogen-bond donors (Lipinski definition) is 5. The number of phenols is 1. The quantitative estimate of drug-likeness (QED) is 0.296. The summed E-state index contributed by atoms with van der Waals surface area (Å²) >= 11 is 0. The molecular formula is C26H24N2O9. The van der Waals surface area contributed by atoms with Crippen LogP contribution < -0.4 is 5.73 Å². The number of nitrogens with zero attached hydrogens (tertiary/aromatic N) is 1. The lowest BCUT2D eigenvalue weighted by molar-refractivity contribution is -0.148. The van der Waals surface area contributed by atoms with Crippen molar-refractivity contribution in [3.05, 3.63) is 63.8 Å². The molecule has 1 aromatic heterocycles. The van der Waals surface area contributed by atoms with Gasteiger partial charge < -0.3 is 30.6 Å². The van der Waals surface area contributed by atoms with Gasteiger partial charge in [0.25, 0.3) is 5.91 Å². The van der Waals surface area contributed by atoms with Gasteiger partial charge >= 0.3 is 0 Å². The monoisotopic (exact) mass is 508 g/mol. The third-order valence-electron chi connectivity index (χ3n) is 7.66. The zero-order valence-electron chi connectivity index (χ0n) is 19.9. The number of primary amides is 1. The Kier molecular flexibility index (Phi) is 5.39. The first kappa shape index (κ1) is 24.5. The zero-order valence-corrected chi connectivity index (χ0v) is 19.9. The number of nitrogens with two attached hydrogens (primary N) is 1. The number of fused-ring (bicyclic) bond motifs is 3. The van der Waals surface area contributed by atoms with E-state index >= 15 is 0 Å². The van der Waals surface area contributed by atoms with Gasteiger partial charge in [-0.3, -0.25) is 24.1 Å². The van der Waals surface area contributed by atoms with Crippen LogP contribution in [0.1, 0.15) is 32.7 Å². The highest BCUT2D eigenvalue weighted by atomic mass is 16.4. The number of Topliss-reactive ketones (excluding diaryl/α,β-unsaturated/α-hetero) is 2. The predicted molar refractivity (Wildman–Crippen MR) is 127 cm³/mol. The Morgan fingerprint density at radius 2 is 1.89 bits per heavy atom. The molecule has 0 bridgehead atoms. The molecule has 11 heteroatoms. The van der Waals surface area contributed by atoms with Crippen molar-refractivity contribution in [3.8, 4) is 17.1 Å². The highest BCUT2D eigenvalue weighted by Crippen LogP contribution is 2.52. The number of ketones is 2. The summed E-state index contributed by atoms with van der Waals surface area (Å²) in [7, 11) is 3.13. The van der Waals surface area contributed by atoms with E-state index in [0.717, 1.165) is 0 Å². The molecule has 1 amide bonds. The average molecular weight is 508 g/mol. The van der Waals surface area contributed by atoms with Crippen LogP contribution in [0.3, 0.4) is 0 Å². The molecule has 0 spiro atoms. The van der Waals surface area contributed by atoms with Gasteiger partial charge in [-0.25, -0.2) is 0 Å². The summed E-state index contributed by atoms with van der Waals surface area (Å²) in [6, 6.07) is 3.47. The predicted octanol–water partition coefficient (Wildman–Crippen LogP) is 1.19. The summed E-state index contributed by atoms with van der Waals surface area (Å²) < 4.78 is 5.33. The van der Waals surface area contributed by atoms with Crippen LogP contribution in [0.4, 0.5) is 0 Å². The second kappa shape index (κ2) is 8.15. The standard InChI is InChI=1S/C26H24N2O9/c1-28(2)18-14-8-12-7-10-3-4-13(22-11(9-29)5-6-37-22)19(30)15(10)20(31)16(12)23(33)26(14,36)24(34)17(21(18)32)25(27)35/h3-6,9,12,14,18,30,32-33,36H,7-8H2,1-2H3,(H2,27,35)/t12-,14-,18-,26-/m0/s1. The van der Waals surface area contributed by atoms with Crippen molar-refractivity contribution in [1.29, 1.82) is 0 Å². The van der Waals surface area contributed by atoms with Gasteiger partial charge in [-0.1, -0.05) is 6.07 Å². The van der Waals surface area contributed by atoms with E-state index in [-0.39, 0.29) is 40.9 Å². The number of aliphatic hydroxyl groups is 3. The summed E-state index contributed by atoms with van der Waals surface area (Å²) in [5.74, 6) is -7.15. The maximum Gasteiger partial charge on any atom is 0.255 e. The second-order valence-corrected chi connectivity index (χ2v) is 9.78. The highest BCUT2D eigenvalue weighted by Gasteiger charge is 2.63. The molecule has 0 saturated heterocycles. The molecule has 3 aliphatic carbocycles. The number of aldehydes is 1. The summed E-state index contributed by atoms with van der Waals surface area (Å²) in [4.78, 5) is 51.9. The van der Waals surface area contributed by atoms with Gasteiger partial charge in [0.1, 0.15) is 28.6 Å². The minimum atomic E-state index is -2.70. The van der Waals surface area contributed by atoms with Gasteiger partial charge in [0, 0.05) is 11.5 Å². The van der Waals surface area contributed by atoms with E-state index in [4.69, 9.17) is 10.2 Å². The topological polar surface area (TPSA) is 192 Å². The molecule has 1 aromatic carbocycles. The fourth-order valence-corrected chi connectivity index (χ4v) is 6.04. The number of carbonyl (C=O) groups excluding carboxylic acids is 4.